The number of hydrogen-bond donors (Lipinski definition) is 0. The average molecular weight is 436 g/mol. The van der Waals surface area contributed by atoms with Gasteiger partial charge in [0.15, 0.2) is 5.60 Å². The van der Waals surface area contributed by atoms with E-state index in [1.807, 2.05) is 36.4 Å². The molecule has 0 bridgehead atoms. The monoisotopic (exact) mass is 435 g/mol. The Morgan fingerprint density at radius 3 is 1.84 bits per heavy atom. The Morgan fingerprint density at radius 1 is 0.935 bits per heavy atom. The van der Waals surface area contributed by atoms with Gasteiger partial charge in [-0.1, -0.05) is 60.7 Å². The summed E-state index contributed by atoms with van der Waals surface area (Å²) in [7, 11) is 1.48. The van der Waals surface area contributed by atoms with E-state index in [9.17, 15) is 13.2 Å². The molecular formula is C25H32F3NO2. The molecule has 2 aromatic carbocycles. The summed E-state index contributed by atoms with van der Waals surface area (Å²) >= 11 is 0. The van der Waals surface area contributed by atoms with Gasteiger partial charge in [0, 0.05) is 26.2 Å². The Labute approximate surface area is 183 Å². The first-order valence-corrected chi connectivity index (χ1v) is 10.9. The van der Waals surface area contributed by atoms with Crippen molar-refractivity contribution < 1.29 is 22.6 Å². The minimum absolute atomic E-state index is 0.0301. The van der Waals surface area contributed by atoms with Crippen LogP contribution in [0.3, 0.4) is 0 Å². The molecular weight excluding hydrogens is 403 g/mol. The maximum absolute atomic E-state index is 14.0. The van der Waals surface area contributed by atoms with Gasteiger partial charge in [0.2, 0.25) is 0 Å². The van der Waals surface area contributed by atoms with Gasteiger partial charge in [-0.05, 0) is 43.7 Å². The van der Waals surface area contributed by atoms with Gasteiger partial charge in [-0.3, -0.25) is 4.90 Å². The van der Waals surface area contributed by atoms with Crippen LogP contribution < -0.4 is 0 Å². The second kappa shape index (κ2) is 10.6. The summed E-state index contributed by atoms with van der Waals surface area (Å²) in [6.07, 6.45) is -3.93. The first-order valence-electron chi connectivity index (χ1n) is 10.9. The highest BCUT2D eigenvalue weighted by molar-refractivity contribution is 5.17. The Balaban J connectivity index is 1.73. The number of methoxy groups -OCH3 is 1. The number of nitrogens with zero attached hydrogens (tertiary/aromatic N) is 1. The fraction of sp³-hybridized carbons (Fsp3) is 0.520. The molecule has 3 rings (SSSR count). The van der Waals surface area contributed by atoms with E-state index in [1.54, 1.807) is 6.92 Å². The van der Waals surface area contributed by atoms with Crippen LogP contribution in [0.2, 0.25) is 0 Å². The molecule has 31 heavy (non-hydrogen) atoms. The van der Waals surface area contributed by atoms with Crippen LogP contribution in [0.4, 0.5) is 13.2 Å². The van der Waals surface area contributed by atoms with E-state index < -0.39 is 11.8 Å². The molecule has 2 aromatic rings. The molecule has 0 heterocycles. The third-order valence-corrected chi connectivity index (χ3v) is 6.25. The fourth-order valence-electron chi connectivity index (χ4n) is 4.24. The second-order valence-corrected chi connectivity index (χ2v) is 8.46. The first-order chi connectivity index (χ1) is 14.8. The fourth-order valence-corrected chi connectivity index (χ4v) is 4.24. The van der Waals surface area contributed by atoms with E-state index >= 15 is 0 Å². The maximum Gasteiger partial charge on any atom is 0.417 e. The minimum atomic E-state index is -4.39. The zero-order chi connectivity index (χ0) is 22.3. The Bertz CT molecular complexity index is 733. The molecule has 0 aliphatic heterocycles. The zero-order valence-corrected chi connectivity index (χ0v) is 18.3. The molecule has 0 amide bonds. The number of rotatable bonds is 9. The summed E-state index contributed by atoms with van der Waals surface area (Å²) in [4.78, 5) is 2.31. The third kappa shape index (κ3) is 6.31. The summed E-state index contributed by atoms with van der Waals surface area (Å²) in [6.45, 7) is 3.08. The van der Waals surface area contributed by atoms with E-state index in [0.717, 1.165) is 11.1 Å². The topological polar surface area (TPSA) is 21.7 Å². The van der Waals surface area contributed by atoms with Crippen LogP contribution in [0, 0.1) is 0 Å². The summed E-state index contributed by atoms with van der Waals surface area (Å²) < 4.78 is 52.6. The number of halogens is 3. The third-order valence-electron chi connectivity index (χ3n) is 6.25. The highest BCUT2D eigenvalue weighted by atomic mass is 19.4. The molecule has 0 radical (unpaired) electrons. The van der Waals surface area contributed by atoms with Crippen LogP contribution >= 0.6 is 0 Å². The number of alkyl halides is 3. The van der Waals surface area contributed by atoms with Crippen molar-refractivity contribution >= 4 is 0 Å². The van der Waals surface area contributed by atoms with Gasteiger partial charge in [0.05, 0.1) is 12.7 Å². The van der Waals surface area contributed by atoms with E-state index in [0.29, 0.717) is 25.9 Å². The van der Waals surface area contributed by atoms with Crippen molar-refractivity contribution in [3.63, 3.8) is 0 Å². The predicted molar refractivity (Wildman–Crippen MR) is 116 cm³/mol. The van der Waals surface area contributed by atoms with E-state index in [4.69, 9.17) is 9.47 Å². The smallest absolute Gasteiger partial charge is 0.379 e. The molecule has 1 fully saturated rings. The highest BCUT2D eigenvalue weighted by Gasteiger charge is 2.57. The lowest BCUT2D eigenvalue weighted by Gasteiger charge is -2.44. The van der Waals surface area contributed by atoms with Gasteiger partial charge in [-0.25, -0.2) is 0 Å². The lowest BCUT2D eigenvalue weighted by Crippen LogP contribution is -2.53. The summed E-state index contributed by atoms with van der Waals surface area (Å²) in [5, 5.41) is 0. The van der Waals surface area contributed by atoms with Crippen LogP contribution in [0.15, 0.2) is 60.7 Å². The Hall–Kier alpha value is -1.89. The standard InChI is InChI=1S/C25H32F3NO2/c1-20(30-2)19-31-24(25(26,27)28)15-13-23(14-16-24)29(17-21-9-5-3-6-10-21)18-22-11-7-4-8-12-22/h3-12,20,23H,13-19H2,1-2H3. The van der Waals surface area contributed by atoms with E-state index in [-0.39, 0.29) is 31.6 Å². The van der Waals surface area contributed by atoms with Gasteiger partial charge in [-0.15, -0.1) is 0 Å². The van der Waals surface area contributed by atoms with Crippen LogP contribution in [0.5, 0.6) is 0 Å². The van der Waals surface area contributed by atoms with Crippen molar-refractivity contribution in [3.8, 4) is 0 Å². The second-order valence-electron chi connectivity index (χ2n) is 8.46. The summed E-state index contributed by atoms with van der Waals surface area (Å²) in [5.74, 6) is 0. The van der Waals surface area contributed by atoms with Gasteiger partial charge in [-0.2, -0.15) is 13.2 Å². The van der Waals surface area contributed by atoms with Crippen molar-refractivity contribution in [1.82, 2.24) is 4.90 Å². The first kappa shape index (κ1) is 23.8. The minimum Gasteiger partial charge on any atom is -0.379 e. The van der Waals surface area contributed by atoms with Gasteiger partial charge < -0.3 is 9.47 Å². The van der Waals surface area contributed by atoms with Crippen LogP contribution in [-0.4, -0.2) is 42.5 Å². The maximum atomic E-state index is 14.0. The van der Waals surface area contributed by atoms with Crippen LogP contribution in [-0.2, 0) is 22.6 Å². The van der Waals surface area contributed by atoms with Crippen molar-refractivity contribution in [2.24, 2.45) is 0 Å². The Morgan fingerprint density at radius 2 is 1.42 bits per heavy atom. The lowest BCUT2D eigenvalue weighted by molar-refractivity contribution is -0.294. The summed E-state index contributed by atoms with van der Waals surface area (Å²) in [5.41, 5.74) is 0.245. The molecule has 1 aliphatic carbocycles. The van der Waals surface area contributed by atoms with E-state index in [1.165, 1.54) is 7.11 Å². The highest BCUT2D eigenvalue weighted by Crippen LogP contribution is 2.45. The molecule has 1 atom stereocenters. The van der Waals surface area contributed by atoms with Crippen molar-refractivity contribution in [2.75, 3.05) is 13.7 Å². The molecule has 0 saturated heterocycles. The van der Waals surface area contributed by atoms with E-state index in [2.05, 4.69) is 29.2 Å². The molecule has 1 aliphatic rings. The molecule has 0 aromatic heterocycles. The number of hydrogen-bond acceptors (Lipinski definition) is 3. The normalized spacial score (nSPS) is 23.1. The SMILES string of the molecule is COC(C)COC1(C(F)(F)F)CCC(N(Cc2ccccc2)Cc2ccccc2)CC1. The molecule has 0 spiro atoms. The number of ether oxygens (including phenoxy) is 2. The molecule has 6 heteroatoms. The molecule has 1 unspecified atom stereocenters. The van der Waals surface area contributed by atoms with Crippen LogP contribution in [0.1, 0.15) is 43.7 Å². The van der Waals surface area contributed by atoms with Gasteiger partial charge >= 0.3 is 6.18 Å². The van der Waals surface area contributed by atoms with Gasteiger partial charge in [0.1, 0.15) is 0 Å². The lowest BCUT2D eigenvalue weighted by atomic mass is 9.80. The molecule has 3 nitrogen and oxygen atoms in total. The van der Waals surface area contributed by atoms with Crippen molar-refractivity contribution in [2.45, 2.75) is 69.6 Å². The summed E-state index contributed by atoms with van der Waals surface area (Å²) in [6, 6.07) is 20.3. The van der Waals surface area contributed by atoms with Crippen molar-refractivity contribution in [3.05, 3.63) is 71.8 Å². The Kier molecular flexibility index (Phi) is 8.14. The van der Waals surface area contributed by atoms with Gasteiger partial charge in [0.25, 0.3) is 0 Å². The molecule has 1 saturated carbocycles. The number of benzene rings is 2. The predicted octanol–water partition coefficient (Wildman–Crippen LogP) is 5.98. The zero-order valence-electron chi connectivity index (χ0n) is 18.3. The van der Waals surface area contributed by atoms with Crippen molar-refractivity contribution in [1.29, 1.82) is 0 Å². The largest absolute Gasteiger partial charge is 0.417 e. The quantitative estimate of drug-likeness (QED) is 0.483. The average Bonchev–Trinajstić information content (AvgIpc) is 2.78. The van der Waals surface area contributed by atoms with Crippen LogP contribution in [0.25, 0.3) is 0 Å². The molecule has 170 valence electrons. The molecule has 0 N–H and O–H groups in total.